The molecule has 0 bridgehead atoms. The Bertz CT molecular complexity index is 1650. The number of nitrogens with one attached hydrogen (secondary N) is 1. The van der Waals surface area contributed by atoms with Crippen LogP contribution in [-0.4, -0.2) is 75.6 Å². The van der Waals surface area contributed by atoms with Gasteiger partial charge in [0, 0.05) is 47.9 Å². The summed E-state index contributed by atoms with van der Waals surface area (Å²) in [6, 6.07) is 8.19. The third-order valence-corrected chi connectivity index (χ3v) is 8.11. The summed E-state index contributed by atoms with van der Waals surface area (Å²) in [6.07, 6.45) is 6.93. The van der Waals surface area contributed by atoms with Crippen molar-refractivity contribution in [2.45, 2.75) is 33.2 Å². The van der Waals surface area contributed by atoms with Gasteiger partial charge in [-0.25, -0.2) is 24.7 Å². The van der Waals surface area contributed by atoms with Crippen molar-refractivity contribution in [2.24, 2.45) is 0 Å². The van der Waals surface area contributed by atoms with Crippen molar-refractivity contribution in [2.75, 3.05) is 49.3 Å². The molecule has 1 N–H and O–H groups in total. The third kappa shape index (κ3) is 5.70. The quantitative estimate of drug-likeness (QED) is 0.233. The number of ether oxygens (including phenoxy) is 2. The Morgan fingerprint density at radius 1 is 1.15 bits per heavy atom. The van der Waals surface area contributed by atoms with Crippen molar-refractivity contribution in [1.82, 2.24) is 30.1 Å². The Kier molecular flexibility index (Phi) is 8.01. The number of H-pyrrole nitrogens is 1. The zero-order chi connectivity index (χ0) is 28.2. The zero-order valence-corrected chi connectivity index (χ0v) is 24.0. The van der Waals surface area contributed by atoms with E-state index in [1.165, 1.54) is 12.4 Å². The highest BCUT2D eigenvalue weighted by Crippen LogP contribution is 2.36. The molecule has 11 nitrogen and oxygen atoms in total. The van der Waals surface area contributed by atoms with E-state index < -0.39 is 5.97 Å². The van der Waals surface area contributed by atoms with E-state index in [0.717, 1.165) is 69.9 Å². The molecule has 0 amide bonds. The maximum absolute atomic E-state index is 12.1. The fourth-order valence-electron chi connectivity index (χ4n) is 4.91. The van der Waals surface area contributed by atoms with Crippen LogP contribution in [0.15, 0.2) is 42.9 Å². The summed E-state index contributed by atoms with van der Waals surface area (Å²) in [4.78, 5) is 36.9. The van der Waals surface area contributed by atoms with Crippen molar-refractivity contribution in [3.05, 3.63) is 53.3 Å². The summed E-state index contributed by atoms with van der Waals surface area (Å²) in [5, 5.41) is 8.26. The average Bonchev–Trinajstić information content (AvgIpc) is 3.66. The molecule has 0 unspecified atom stereocenters. The summed E-state index contributed by atoms with van der Waals surface area (Å²) >= 11 is 1.70. The molecule has 0 aliphatic carbocycles. The van der Waals surface area contributed by atoms with Crippen LogP contribution in [0.5, 0.6) is 0 Å². The second-order valence-electron chi connectivity index (χ2n) is 9.80. The van der Waals surface area contributed by atoms with Gasteiger partial charge in [0.2, 0.25) is 5.95 Å². The molecule has 6 rings (SSSR count). The summed E-state index contributed by atoms with van der Waals surface area (Å²) in [7, 11) is 0. The standard InChI is InChI=1S/C29H32N8O3S/c1-3-5-9-37(29-30-15-19(16-31-29)28(38)40-4-2)18-20-14-24-25(41-20)27(36-10-12-39-13-11-36)34-26(33-24)21-7-6-8-23-22(21)17-32-35-23/h6-8,14-17H,3-5,9-13,18H2,1-2H3,(H,32,35). The molecule has 0 saturated carbocycles. The highest BCUT2D eigenvalue weighted by Gasteiger charge is 2.22. The normalized spacial score (nSPS) is 13.7. The van der Waals surface area contributed by atoms with Crippen LogP contribution in [0.1, 0.15) is 41.9 Å². The van der Waals surface area contributed by atoms with Gasteiger partial charge in [-0.2, -0.15) is 5.10 Å². The number of thiophene rings is 1. The number of carbonyl (C=O) groups excluding carboxylic acids is 1. The molecule has 1 aliphatic rings. The van der Waals surface area contributed by atoms with E-state index in [1.807, 2.05) is 24.4 Å². The number of hydrogen-bond donors (Lipinski definition) is 1. The van der Waals surface area contributed by atoms with Crippen LogP contribution < -0.4 is 9.80 Å². The minimum absolute atomic E-state index is 0.309. The fraction of sp³-hybridized carbons (Fsp3) is 0.379. The molecular formula is C29H32N8O3S. The van der Waals surface area contributed by atoms with Crippen molar-refractivity contribution >= 4 is 50.2 Å². The number of unbranched alkanes of at least 4 members (excludes halogenated alkanes) is 1. The van der Waals surface area contributed by atoms with E-state index in [-0.39, 0.29) is 0 Å². The molecule has 1 aliphatic heterocycles. The van der Waals surface area contributed by atoms with Gasteiger partial charge in [0.05, 0.1) is 53.9 Å². The highest BCUT2D eigenvalue weighted by molar-refractivity contribution is 7.19. The lowest BCUT2D eigenvalue weighted by Gasteiger charge is -2.28. The molecule has 212 valence electrons. The molecule has 12 heteroatoms. The fourth-order valence-corrected chi connectivity index (χ4v) is 6.03. The number of fused-ring (bicyclic) bond motifs is 2. The van der Waals surface area contributed by atoms with Crippen LogP contribution in [0.25, 0.3) is 32.5 Å². The number of aromatic amines is 1. The molecule has 0 radical (unpaired) electrons. The first kappa shape index (κ1) is 27.0. The predicted octanol–water partition coefficient (Wildman–Crippen LogP) is 4.84. The number of aromatic nitrogens is 6. The Balaban J connectivity index is 1.37. The Labute approximate surface area is 241 Å². The van der Waals surface area contributed by atoms with Crippen LogP contribution in [0.2, 0.25) is 0 Å². The second-order valence-corrected chi connectivity index (χ2v) is 10.9. The van der Waals surface area contributed by atoms with Gasteiger partial charge < -0.3 is 19.3 Å². The van der Waals surface area contributed by atoms with Crippen molar-refractivity contribution < 1.29 is 14.3 Å². The van der Waals surface area contributed by atoms with Crippen LogP contribution in [-0.2, 0) is 16.0 Å². The van der Waals surface area contributed by atoms with Crippen molar-refractivity contribution in [3.63, 3.8) is 0 Å². The minimum atomic E-state index is -0.417. The largest absolute Gasteiger partial charge is 0.462 e. The SMILES string of the molecule is CCCCN(Cc1cc2nc(-c3cccc4[nH]ncc34)nc(N3CCOCC3)c2s1)c1ncc(C(=O)OCC)cn1. The lowest BCUT2D eigenvalue weighted by molar-refractivity contribution is 0.0525. The second kappa shape index (κ2) is 12.1. The highest BCUT2D eigenvalue weighted by atomic mass is 32.1. The van der Waals surface area contributed by atoms with E-state index in [2.05, 4.69) is 43.0 Å². The Hall–Kier alpha value is -4.16. The van der Waals surface area contributed by atoms with Crippen LogP contribution in [0.4, 0.5) is 11.8 Å². The molecule has 41 heavy (non-hydrogen) atoms. The van der Waals surface area contributed by atoms with Crippen LogP contribution >= 0.6 is 11.3 Å². The maximum atomic E-state index is 12.1. The van der Waals surface area contributed by atoms with E-state index >= 15 is 0 Å². The summed E-state index contributed by atoms with van der Waals surface area (Å²) in [5.74, 6) is 1.77. The summed E-state index contributed by atoms with van der Waals surface area (Å²) in [6.45, 7) is 8.54. The van der Waals surface area contributed by atoms with Gasteiger partial charge in [0.1, 0.15) is 0 Å². The first-order chi connectivity index (χ1) is 20.1. The van der Waals surface area contributed by atoms with Gasteiger partial charge in [0.25, 0.3) is 0 Å². The van der Waals surface area contributed by atoms with Gasteiger partial charge in [-0.15, -0.1) is 11.3 Å². The molecule has 4 aromatic heterocycles. The number of benzene rings is 1. The summed E-state index contributed by atoms with van der Waals surface area (Å²) in [5.41, 5.74) is 3.15. The zero-order valence-electron chi connectivity index (χ0n) is 23.2. The first-order valence-electron chi connectivity index (χ1n) is 13.9. The van der Waals surface area contributed by atoms with E-state index in [9.17, 15) is 4.79 Å². The number of nitrogens with zero attached hydrogens (tertiary/aromatic N) is 7. The monoisotopic (exact) mass is 572 g/mol. The van der Waals surface area contributed by atoms with Crippen LogP contribution in [0.3, 0.4) is 0 Å². The van der Waals surface area contributed by atoms with E-state index in [4.69, 9.17) is 19.4 Å². The molecule has 5 heterocycles. The van der Waals surface area contributed by atoms with Gasteiger partial charge >= 0.3 is 5.97 Å². The maximum Gasteiger partial charge on any atom is 0.341 e. The topological polar surface area (TPSA) is 122 Å². The Morgan fingerprint density at radius 3 is 2.76 bits per heavy atom. The molecule has 0 spiro atoms. The van der Waals surface area contributed by atoms with Gasteiger partial charge in [-0.05, 0) is 25.5 Å². The van der Waals surface area contributed by atoms with Gasteiger partial charge in [-0.1, -0.05) is 25.5 Å². The van der Waals surface area contributed by atoms with Gasteiger partial charge in [-0.3, -0.25) is 5.10 Å². The number of rotatable bonds is 10. The number of hydrogen-bond acceptors (Lipinski definition) is 11. The number of anilines is 2. The molecule has 1 fully saturated rings. The number of carbonyl (C=O) groups is 1. The lowest BCUT2D eigenvalue weighted by Crippen LogP contribution is -2.36. The third-order valence-electron chi connectivity index (χ3n) is 7.00. The van der Waals surface area contributed by atoms with E-state index in [1.54, 1.807) is 18.3 Å². The average molecular weight is 573 g/mol. The van der Waals surface area contributed by atoms with Crippen molar-refractivity contribution in [3.8, 4) is 11.4 Å². The Morgan fingerprint density at radius 2 is 1.98 bits per heavy atom. The van der Waals surface area contributed by atoms with E-state index in [0.29, 0.717) is 43.7 Å². The van der Waals surface area contributed by atoms with Gasteiger partial charge in [0.15, 0.2) is 11.6 Å². The molecule has 1 saturated heterocycles. The summed E-state index contributed by atoms with van der Waals surface area (Å²) < 4.78 is 11.8. The smallest absolute Gasteiger partial charge is 0.341 e. The lowest BCUT2D eigenvalue weighted by atomic mass is 10.1. The number of morpholine rings is 1. The minimum Gasteiger partial charge on any atom is -0.462 e. The molecule has 5 aromatic rings. The number of esters is 1. The van der Waals surface area contributed by atoms with Crippen molar-refractivity contribution in [1.29, 1.82) is 0 Å². The predicted molar refractivity (Wildman–Crippen MR) is 159 cm³/mol. The molecule has 0 atom stereocenters. The molecule has 1 aromatic carbocycles. The molecular weight excluding hydrogens is 540 g/mol. The van der Waals surface area contributed by atoms with Crippen LogP contribution in [0, 0.1) is 0 Å². The first-order valence-corrected chi connectivity index (χ1v) is 14.8.